The predicted octanol–water partition coefficient (Wildman–Crippen LogP) is 1.97. The molecule has 1 N–H and O–H groups in total. The van der Waals surface area contributed by atoms with Gasteiger partial charge in [-0.25, -0.2) is 0 Å². The standard InChI is InChI=1S/C14H21NO3/c1-14(4-5-18-10-14)15-9-11-6-12(16-2)8-13(7-11)17-3/h6-8,15H,4-5,9-10H2,1-3H3. The highest BCUT2D eigenvalue weighted by Crippen LogP contribution is 2.24. The molecular formula is C14H21NO3. The van der Waals surface area contributed by atoms with Gasteiger partial charge in [-0.15, -0.1) is 0 Å². The first kappa shape index (κ1) is 13.2. The van der Waals surface area contributed by atoms with Crippen LogP contribution in [-0.4, -0.2) is 33.0 Å². The third-order valence-corrected chi connectivity index (χ3v) is 3.35. The molecule has 0 spiro atoms. The lowest BCUT2D eigenvalue weighted by Crippen LogP contribution is -2.42. The summed E-state index contributed by atoms with van der Waals surface area (Å²) in [6, 6.07) is 5.92. The van der Waals surface area contributed by atoms with E-state index in [-0.39, 0.29) is 5.54 Å². The molecule has 100 valence electrons. The highest BCUT2D eigenvalue weighted by molar-refractivity contribution is 5.38. The zero-order valence-electron chi connectivity index (χ0n) is 11.3. The predicted molar refractivity (Wildman–Crippen MR) is 70.2 cm³/mol. The van der Waals surface area contributed by atoms with Crippen molar-refractivity contribution in [2.75, 3.05) is 27.4 Å². The van der Waals surface area contributed by atoms with Gasteiger partial charge in [0.25, 0.3) is 0 Å². The summed E-state index contributed by atoms with van der Waals surface area (Å²) in [6.07, 6.45) is 1.05. The van der Waals surface area contributed by atoms with Gasteiger partial charge < -0.3 is 19.5 Å². The highest BCUT2D eigenvalue weighted by Gasteiger charge is 2.28. The molecule has 1 unspecified atom stereocenters. The SMILES string of the molecule is COc1cc(CNC2(C)CCOC2)cc(OC)c1. The van der Waals surface area contributed by atoms with E-state index in [9.17, 15) is 0 Å². The summed E-state index contributed by atoms with van der Waals surface area (Å²) in [7, 11) is 3.33. The first-order valence-electron chi connectivity index (χ1n) is 6.20. The lowest BCUT2D eigenvalue weighted by Gasteiger charge is -2.23. The average molecular weight is 251 g/mol. The van der Waals surface area contributed by atoms with E-state index in [1.165, 1.54) is 0 Å². The summed E-state index contributed by atoms with van der Waals surface area (Å²) < 4.78 is 16.0. The molecule has 0 bridgehead atoms. The molecule has 2 rings (SSSR count). The van der Waals surface area contributed by atoms with E-state index in [0.29, 0.717) is 0 Å². The minimum Gasteiger partial charge on any atom is -0.497 e. The largest absolute Gasteiger partial charge is 0.497 e. The number of hydrogen-bond donors (Lipinski definition) is 1. The summed E-state index contributed by atoms with van der Waals surface area (Å²) in [6.45, 7) is 4.59. The Morgan fingerprint density at radius 2 is 1.89 bits per heavy atom. The van der Waals surface area contributed by atoms with Crippen LogP contribution in [-0.2, 0) is 11.3 Å². The van der Waals surface area contributed by atoms with Gasteiger partial charge in [0.1, 0.15) is 11.5 Å². The third-order valence-electron chi connectivity index (χ3n) is 3.35. The monoisotopic (exact) mass is 251 g/mol. The number of ether oxygens (including phenoxy) is 3. The Morgan fingerprint density at radius 3 is 2.39 bits per heavy atom. The zero-order chi connectivity index (χ0) is 13.0. The van der Waals surface area contributed by atoms with Crippen molar-refractivity contribution in [3.63, 3.8) is 0 Å². The number of nitrogens with one attached hydrogen (secondary N) is 1. The van der Waals surface area contributed by atoms with Crippen molar-refractivity contribution in [2.24, 2.45) is 0 Å². The van der Waals surface area contributed by atoms with E-state index in [0.717, 1.165) is 43.2 Å². The summed E-state index contributed by atoms with van der Waals surface area (Å²) in [5, 5.41) is 3.54. The molecule has 1 atom stereocenters. The molecular weight excluding hydrogens is 230 g/mol. The molecule has 1 fully saturated rings. The first-order chi connectivity index (χ1) is 8.65. The lowest BCUT2D eigenvalue weighted by atomic mass is 10.0. The maximum absolute atomic E-state index is 5.43. The van der Waals surface area contributed by atoms with Crippen molar-refractivity contribution in [1.82, 2.24) is 5.32 Å². The van der Waals surface area contributed by atoms with Gasteiger partial charge in [0.05, 0.1) is 20.8 Å². The van der Waals surface area contributed by atoms with E-state index in [1.807, 2.05) is 18.2 Å². The van der Waals surface area contributed by atoms with Crippen LogP contribution in [0.25, 0.3) is 0 Å². The molecule has 1 aliphatic heterocycles. The quantitative estimate of drug-likeness (QED) is 0.868. The second kappa shape index (κ2) is 5.59. The minimum absolute atomic E-state index is 0.0797. The van der Waals surface area contributed by atoms with Gasteiger partial charge in [-0.1, -0.05) is 0 Å². The first-order valence-corrected chi connectivity index (χ1v) is 6.20. The van der Waals surface area contributed by atoms with E-state index < -0.39 is 0 Å². The van der Waals surface area contributed by atoms with Crippen LogP contribution < -0.4 is 14.8 Å². The van der Waals surface area contributed by atoms with Crippen molar-refractivity contribution in [1.29, 1.82) is 0 Å². The van der Waals surface area contributed by atoms with E-state index >= 15 is 0 Å². The molecule has 1 aromatic carbocycles. The van der Waals surface area contributed by atoms with Crippen LogP contribution in [0, 0.1) is 0 Å². The van der Waals surface area contributed by atoms with Crippen molar-refractivity contribution in [2.45, 2.75) is 25.4 Å². The highest BCUT2D eigenvalue weighted by atomic mass is 16.5. The second-order valence-corrected chi connectivity index (χ2v) is 4.94. The smallest absolute Gasteiger partial charge is 0.122 e. The van der Waals surface area contributed by atoms with Crippen molar-refractivity contribution >= 4 is 0 Å². The Labute approximate surface area is 108 Å². The van der Waals surface area contributed by atoms with Gasteiger partial charge in [-0.05, 0) is 31.0 Å². The Morgan fingerprint density at radius 1 is 1.22 bits per heavy atom. The normalized spacial score (nSPS) is 23.1. The van der Waals surface area contributed by atoms with Crippen LogP contribution in [0.2, 0.25) is 0 Å². The van der Waals surface area contributed by atoms with Crippen molar-refractivity contribution < 1.29 is 14.2 Å². The van der Waals surface area contributed by atoms with Gasteiger partial charge in [-0.3, -0.25) is 0 Å². The summed E-state index contributed by atoms with van der Waals surface area (Å²) in [5.41, 5.74) is 1.23. The maximum Gasteiger partial charge on any atom is 0.122 e. The number of rotatable bonds is 5. The van der Waals surface area contributed by atoms with Crippen LogP contribution in [0.15, 0.2) is 18.2 Å². The molecule has 1 saturated heterocycles. The Balaban J connectivity index is 2.04. The minimum atomic E-state index is 0.0797. The third kappa shape index (κ3) is 3.15. The summed E-state index contributed by atoms with van der Waals surface area (Å²) in [5.74, 6) is 1.64. The molecule has 0 amide bonds. The fraction of sp³-hybridized carbons (Fsp3) is 0.571. The fourth-order valence-electron chi connectivity index (χ4n) is 2.09. The fourth-order valence-corrected chi connectivity index (χ4v) is 2.09. The van der Waals surface area contributed by atoms with Gasteiger partial charge in [-0.2, -0.15) is 0 Å². The zero-order valence-corrected chi connectivity index (χ0v) is 11.3. The molecule has 4 heteroatoms. The number of benzene rings is 1. The van der Waals surface area contributed by atoms with Gasteiger partial charge in [0.2, 0.25) is 0 Å². The molecule has 18 heavy (non-hydrogen) atoms. The van der Waals surface area contributed by atoms with Gasteiger partial charge in [0.15, 0.2) is 0 Å². The Bertz CT molecular complexity index is 378. The van der Waals surface area contributed by atoms with Crippen LogP contribution in [0.5, 0.6) is 11.5 Å². The summed E-state index contributed by atoms with van der Waals surface area (Å²) >= 11 is 0. The van der Waals surface area contributed by atoms with Gasteiger partial charge in [0, 0.05) is 24.8 Å². The van der Waals surface area contributed by atoms with E-state index in [1.54, 1.807) is 14.2 Å². The molecule has 0 saturated carbocycles. The molecule has 0 aromatic heterocycles. The number of hydrogen-bond acceptors (Lipinski definition) is 4. The molecule has 0 radical (unpaired) electrons. The van der Waals surface area contributed by atoms with Crippen LogP contribution in [0.1, 0.15) is 18.9 Å². The maximum atomic E-state index is 5.43. The lowest BCUT2D eigenvalue weighted by molar-refractivity contribution is 0.171. The van der Waals surface area contributed by atoms with Crippen LogP contribution >= 0.6 is 0 Å². The topological polar surface area (TPSA) is 39.7 Å². The number of methoxy groups -OCH3 is 2. The summed E-state index contributed by atoms with van der Waals surface area (Å²) in [4.78, 5) is 0. The molecule has 4 nitrogen and oxygen atoms in total. The van der Waals surface area contributed by atoms with Crippen molar-refractivity contribution in [3.05, 3.63) is 23.8 Å². The van der Waals surface area contributed by atoms with E-state index in [2.05, 4.69) is 12.2 Å². The molecule has 0 aliphatic carbocycles. The van der Waals surface area contributed by atoms with Gasteiger partial charge >= 0.3 is 0 Å². The van der Waals surface area contributed by atoms with Crippen LogP contribution in [0.3, 0.4) is 0 Å². The second-order valence-electron chi connectivity index (χ2n) is 4.94. The Kier molecular flexibility index (Phi) is 4.09. The Hall–Kier alpha value is -1.26. The van der Waals surface area contributed by atoms with Crippen molar-refractivity contribution in [3.8, 4) is 11.5 Å². The van der Waals surface area contributed by atoms with E-state index in [4.69, 9.17) is 14.2 Å². The van der Waals surface area contributed by atoms with Crippen LogP contribution in [0.4, 0.5) is 0 Å². The average Bonchev–Trinajstić information content (AvgIpc) is 2.83. The molecule has 1 aliphatic rings. The molecule has 1 heterocycles. The molecule has 1 aromatic rings.